The molecule has 2 aromatic rings. The molecule has 1 aliphatic rings. The smallest absolute Gasteiger partial charge is 0.254 e. The van der Waals surface area contributed by atoms with Crippen molar-refractivity contribution in [3.8, 4) is 5.75 Å². The molecule has 1 N–H and O–H groups in total. The van der Waals surface area contributed by atoms with Crippen molar-refractivity contribution in [2.75, 3.05) is 20.7 Å². The number of hydrogen-bond acceptors (Lipinski definition) is 4. The van der Waals surface area contributed by atoms with Crippen LogP contribution in [0.2, 0.25) is 0 Å². The first-order valence-electron chi connectivity index (χ1n) is 8.45. The predicted octanol–water partition coefficient (Wildman–Crippen LogP) is 2.58. The number of amides is 1. The minimum atomic E-state index is -3.51. The Morgan fingerprint density at radius 1 is 1.19 bits per heavy atom. The summed E-state index contributed by atoms with van der Waals surface area (Å²) >= 11 is 0. The number of rotatable bonds is 5. The summed E-state index contributed by atoms with van der Waals surface area (Å²) in [7, 11) is -0.529. The SMILES string of the molecule is CNS(=O)(=O)c1ccc(C(=O)N2CCC[C@@H]2c2cccc(OC)c2)cc1. The number of carbonyl (C=O) groups is 1. The number of benzene rings is 2. The van der Waals surface area contributed by atoms with E-state index in [9.17, 15) is 13.2 Å². The van der Waals surface area contributed by atoms with Crippen molar-refractivity contribution in [3.05, 3.63) is 59.7 Å². The molecule has 0 aromatic heterocycles. The summed E-state index contributed by atoms with van der Waals surface area (Å²) in [6.45, 7) is 0.678. The molecule has 2 aromatic carbocycles. The molecular formula is C19H22N2O4S. The molecule has 1 fully saturated rings. The lowest BCUT2D eigenvalue weighted by Crippen LogP contribution is -2.30. The summed E-state index contributed by atoms with van der Waals surface area (Å²) in [5, 5.41) is 0. The fourth-order valence-corrected chi connectivity index (χ4v) is 4.00. The molecule has 1 atom stereocenters. The third-order valence-corrected chi connectivity index (χ3v) is 6.10. The van der Waals surface area contributed by atoms with Crippen LogP contribution >= 0.6 is 0 Å². The Bertz CT molecular complexity index is 894. The van der Waals surface area contributed by atoms with Gasteiger partial charge in [-0.15, -0.1) is 0 Å². The zero-order valence-corrected chi connectivity index (χ0v) is 15.6. The molecule has 0 aliphatic carbocycles. The molecule has 1 aliphatic heterocycles. The highest BCUT2D eigenvalue weighted by molar-refractivity contribution is 7.89. The number of nitrogens with zero attached hydrogens (tertiary/aromatic N) is 1. The second-order valence-electron chi connectivity index (χ2n) is 6.17. The van der Waals surface area contributed by atoms with E-state index in [0.717, 1.165) is 24.2 Å². The van der Waals surface area contributed by atoms with Gasteiger partial charge in [0, 0.05) is 12.1 Å². The molecule has 0 radical (unpaired) electrons. The van der Waals surface area contributed by atoms with E-state index in [1.807, 2.05) is 29.2 Å². The molecule has 138 valence electrons. The van der Waals surface area contributed by atoms with E-state index in [1.165, 1.54) is 19.2 Å². The van der Waals surface area contributed by atoms with Gasteiger partial charge in [-0.2, -0.15) is 0 Å². The zero-order chi connectivity index (χ0) is 18.7. The largest absolute Gasteiger partial charge is 0.497 e. The molecule has 1 heterocycles. The van der Waals surface area contributed by atoms with Gasteiger partial charge in [-0.05, 0) is 61.9 Å². The quantitative estimate of drug-likeness (QED) is 0.873. The predicted molar refractivity (Wildman–Crippen MR) is 98.7 cm³/mol. The Labute approximate surface area is 153 Å². The van der Waals surface area contributed by atoms with Crippen molar-refractivity contribution in [3.63, 3.8) is 0 Å². The van der Waals surface area contributed by atoms with Crippen LogP contribution in [0.4, 0.5) is 0 Å². The van der Waals surface area contributed by atoms with Crippen molar-refractivity contribution >= 4 is 15.9 Å². The Hall–Kier alpha value is -2.38. The molecule has 3 rings (SSSR count). The second-order valence-corrected chi connectivity index (χ2v) is 8.05. The number of carbonyl (C=O) groups excluding carboxylic acids is 1. The van der Waals surface area contributed by atoms with Gasteiger partial charge in [0.05, 0.1) is 18.0 Å². The van der Waals surface area contributed by atoms with Crippen LogP contribution in [0.5, 0.6) is 5.75 Å². The van der Waals surface area contributed by atoms with Gasteiger partial charge in [0.1, 0.15) is 5.75 Å². The number of nitrogens with one attached hydrogen (secondary N) is 1. The molecule has 1 saturated heterocycles. The van der Waals surface area contributed by atoms with Gasteiger partial charge >= 0.3 is 0 Å². The zero-order valence-electron chi connectivity index (χ0n) is 14.8. The molecule has 7 heteroatoms. The standard InChI is InChI=1S/C19H22N2O4S/c1-20-26(23,24)17-10-8-14(9-11-17)19(22)21-12-4-7-18(21)15-5-3-6-16(13-15)25-2/h3,5-6,8-11,13,18,20H,4,7,12H2,1-2H3/t18-/m1/s1. The Morgan fingerprint density at radius 3 is 2.58 bits per heavy atom. The summed E-state index contributed by atoms with van der Waals surface area (Å²) < 4.78 is 31.2. The second kappa shape index (κ2) is 7.47. The van der Waals surface area contributed by atoms with Crippen LogP contribution in [0.25, 0.3) is 0 Å². The van der Waals surface area contributed by atoms with E-state index >= 15 is 0 Å². The molecule has 26 heavy (non-hydrogen) atoms. The summed E-state index contributed by atoms with van der Waals surface area (Å²) in [5.74, 6) is 0.673. The normalized spacial score (nSPS) is 17.3. The maximum Gasteiger partial charge on any atom is 0.254 e. The van der Waals surface area contributed by atoms with Crippen LogP contribution < -0.4 is 9.46 Å². The van der Waals surface area contributed by atoms with Crippen LogP contribution in [0.1, 0.15) is 34.8 Å². The van der Waals surface area contributed by atoms with Crippen molar-refractivity contribution < 1.29 is 17.9 Å². The summed E-state index contributed by atoms with van der Waals surface area (Å²) in [6, 6.07) is 13.8. The van der Waals surface area contributed by atoms with Crippen LogP contribution in [0, 0.1) is 0 Å². The summed E-state index contributed by atoms with van der Waals surface area (Å²) in [6.07, 6.45) is 1.82. The van der Waals surface area contributed by atoms with Crippen molar-refractivity contribution in [1.82, 2.24) is 9.62 Å². The lowest BCUT2D eigenvalue weighted by atomic mass is 10.0. The third-order valence-electron chi connectivity index (χ3n) is 4.67. The fraction of sp³-hybridized carbons (Fsp3) is 0.316. The van der Waals surface area contributed by atoms with Gasteiger partial charge < -0.3 is 9.64 Å². The first-order chi connectivity index (χ1) is 12.5. The van der Waals surface area contributed by atoms with E-state index in [0.29, 0.717) is 12.1 Å². The van der Waals surface area contributed by atoms with Crippen LogP contribution in [-0.2, 0) is 10.0 Å². The molecule has 0 spiro atoms. The number of methoxy groups -OCH3 is 1. The molecule has 0 saturated carbocycles. The van der Waals surface area contributed by atoms with Crippen LogP contribution in [0.3, 0.4) is 0 Å². The summed E-state index contributed by atoms with van der Waals surface area (Å²) in [5.41, 5.74) is 1.53. The number of likely N-dealkylation sites (tertiary alicyclic amines) is 1. The highest BCUT2D eigenvalue weighted by Gasteiger charge is 2.31. The van der Waals surface area contributed by atoms with Gasteiger partial charge in [-0.1, -0.05) is 12.1 Å². The van der Waals surface area contributed by atoms with Crippen molar-refractivity contribution in [2.24, 2.45) is 0 Å². The number of sulfonamides is 1. The highest BCUT2D eigenvalue weighted by Crippen LogP contribution is 2.34. The van der Waals surface area contributed by atoms with E-state index in [4.69, 9.17) is 4.74 Å². The third kappa shape index (κ3) is 3.59. The van der Waals surface area contributed by atoms with Crippen LogP contribution in [0.15, 0.2) is 53.4 Å². The maximum absolute atomic E-state index is 12.9. The maximum atomic E-state index is 12.9. The molecular weight excluding hydrogens is 352 g/mol. The van der Waals surface area contributed by atoms with Gasteiger partial charge in [-0.3, -0.25) is 4.79 Å². The molecule has 0 bridgehead atoms. The lowest BCUT2D eigenvalue weighted by Gasteiger charge is -2.25. The lowest BCUT2D eigenvalue weighted by molar-refractivity contribution is 0.0735. The van der Waals surface area contributed by atoms with Gasteiger partial charge in [-0.25, -0.2) is 13.1 Å². The molecule has 6 nitrogen and oxygen atoms in total. The van der Waals surface area contributed by atoms with E-state index in [1.54, 1.807) is 19.2 Å². The molecule has 0 unspecified atom stereocenters. The van der Waals surface area contributed by atoms with Gasteiger partial charge in [0.25, 0.3) is 5.91 Å². The number of ether oxygens (including phenoxy) is 1. The van der Waals surface area contributed by atoms with Gasteiger partial charge in [0.2, 0.25) is 10.0 Å². The van der Waals surface area contributed by atoms with Crippen LogP contribution in [-0.4, -0.2) is 39.9 Å². The Kier molecular flexibility index (Phi) is 5.29. The van der Waals surface area contributed by atoms with Gasteiger partial charge in [0.15, 0.2) is 0 Å². The first kappa shape index (κ1) is 18.4. The van der Waals surface area contributed by atoms with E-state index in [2.05, 4.69) is 4.72 Å². The van der Waals surface area contributed by atoms with Crippen molar-refractivity contribution in [2.45, 2.75) is 23.8 Å². The number of hydrogen-bond donors (Lipinski definition) is 1. The minimum Gasteiger partial charge on any atom is -0.497 e. The molecule has 1 amide bonds. The fourth-order valence-electron chi connectivity index (χ4n) is 3.27. The average molecular weight is 374 g/mol. The monoisotopic (exact) mass is 374 g/mol. The average Bonchev–Trinajstić information content (AvgIpc) is 3.17. The van der Waals surface area contributed by atoms with E-state index in [-0.39, 0.29) is 16.8 Å². The Balaban J connectivity index is 1.84. The van der Waals surface area contributed by atoms with Crippen molar-refractivity contribution in [1.29, 1.82) is 0 Å². The first-order valence-corrected chi connectivity index (χ1v) is 9.93. The highest BCUT2D eigenvalue weighted by atomic mass is 32.2. The topological polar surface area (TPSA) is 75.7 Å². The van der Waals surface area contributed by atoms with E-state index < -0.39 is 10.0 Å². The minimum absolute atomic E-state index is 0.00156. The summed E-state index contributed by atoms with van der Waals surface area (Å²) in [4.78, 5) is 14.9. The Morgan fingerprint density at radius 2 is 1.92 bits per heavy atom.